The number of rotatable bonds is 29. The standard InChI is InChI=1S/C36H66ClN/c1-3-5-7-9-11-13-15-17-19-21-23-25-29-33-38(36-32-28-27-31-35(36)37)34-30-26-24-22-20-18-16-14-12-10-8-6-4-2/h27-28,31-32H,3-26,29-30,33-34H2,1-2H3. The Morgan fingerprint density at radius 1 is 0.421 bits per heavy atom. The van der Waals surface area contributed by atoms with E-state index in [0.29, 0.717) is 0 Å². The van der Waals surface area contributed by atoms with Gasteiger partial charge in [-0.25, -0.2) is 0 Å². The highest BCUT2D eigenvalue weighted by Gasteiger charge is 2.09. The second kappa shape index (κ2) is 27.9. The van der Waals surface area contributed by atoms with Crippen molar-refractivity contribution in [1.29, 1.82) is 0 Å². The predicted molar refractivity (Wildman–Crippen MR) is 175 cm³/mol. The number of unbranched alkanes of at least 4 members (excludes halogenated alkanes) is 24. The van der Waals surface area contributed by atoms with Crippen molar-refractivity contribution in [1.82, 2.24) is 0 Å². The van der Waals surface area contributed by atoms with Crippen LogP contribution in [-0.2, 0) is 0 Å². The Balaban J connectivity index is 2.09. The molecule has 0 saturated heterocycles. The van der Waals surface area contributed by atoms with Crippen LogP contribution in [0, 0.1) is 0 Å². The number of nitrogens with zero attached hydrogens (tertiary/aromatic N) is 1. The summed E-state index contributed by atoms with van der Waals surface area (Å²) in [5.41, 5.74) is 1.24. The van der Waals surface area contributed by atoms with Crippen LogP contribution in [0.3, 0.4) is 0 Å². The first-order chi connectivity index (χ1) is 18.8. The molecule has 0 N–H and O–H groups in total. The molecule has 1 rings (SSSR count). The van der Waals surface area contributed by atoms with E-state index in [1.165, 1.54) is 173 Å². The van der Waals surface area contributed by atoms with Gasteiger partial charge < -0.3 is 4.90 Å². The number of anilines is 1. The lowest BCUT2D eigenvalue weighted by Crippen LogP contribution is -2.26. The first kappa shape index (κ1) is 35.3. The zero-order chi connectivity index (χ0) is 27.4. The third-order valence-corrected chi connectivity index (χ3v) is 8.58. The number of para-hydroxylation sites is 1. The highest BCUT2D eigenvalue weighted by atomic mass is 35.5. The summed E-state index contributed by atoms with van der Waals surface area (Å²) in [6, 6.07) is 8.46. The van der Waals surface area contributed by atoms with E-state index < -0.39 is 0 Å². The van der Waals surface area contributed by atoms with E-state index >= 15 is 0 Å². The van der Waals surface area contributed by atoms with Gasteiger partial charge in [0.1, 0.15) is 0 Å². The first-order valence-electron chi connectivity index (χ1n) is 17.3. The van der Waals surface area contributed by atoms with E-state index in [9.17, 15) is 0 Å². The molecule has 0 aliphatic carbocycles. The second-order valence-electron chi connectivity index (χ2n) is 11.9. The van der Waals surface area contributed by atoms with Gasteiger partial charge in [-0.15, -0.1) is 0 Å². The van der Waals surface area contributed by atoms with Gasteiger partial charge in [-0.3, -0.25) is 0 Å². The average Bonchev–Trinajstić information content (AvgIpc) is 2.93. The lowest BCUT2D eigenvalue weighted by Gasteiger charge is -2.26. The molecule has 0 radical (unpaired) electrons. The molecule has 222 valence electrons. The fourth-order valence-electron chi connectivity index (χ4n) is 5.70. The Kier molecular flexibility index (Phi) is 25.9. The van der Waals surface area contributed by atoms with Crippen molar-refractivity contribution in [2.75, 3.05) is 18.0 Å². The Bertz CT molecular complexity index is 571. The van der Waals surface area contributed by atoms with Crippen molar-refractivity contribution in [2.45, 2.75) is 181 Å². The molecule has 0 fully saturated rings. The van der Waals surface area contributed by atoms with Crippen LogP contribution in [-0.4, -0.2) is 13.1 Å². The summed E-state index contributed by atoms with van der Waals surface area (Å²) in [6.07, 6.45) is 36.8. The van der Waals surface area contributed by atoms with E-state index in [0.717, 1.165) is 18.1 Å². The molecule has 0 aromatic heterocycles. The molecule has 38 heavy (non-hydrogen) atoms. The van der Waals surface area contributed by atoms with Crippen molar-refractivity contribution >= 4 is 17.3 Å². The molecule has 0 aliphatic heterocycles. The maximum atomic E-state index is 6.59. The zero-order valence-electron chi connectivity index (χ0n) is 25.9. The van der Waals surface area contributed by atoms with Crippen LogP contribution in [0.5, 0.6) is 0 Å². The smallest absolute Gasteiger partial charge is 0.0639 e. The molecule has 1 aromatic carbocycles. The van der Waals surface area contributed by atoms with Gasteiger partial charge in [-0.1, -0.05) is 192 Å². The van der Waals surface area contributed by atoms with Gasteiger partial charge in [0.05, 0.1) is 10.7 Å². The Labute approximate surface area is 244 Å². The summed E-state index contributed by atoms with van der Waals surface area (Å²) in [5, 5.41) is 0.914. The number of hydrogen-bond donors (Lipinski definition) is 0. The molecular formula is C36H66ClN. The monoisotopic (exact) mass is 547 g/mol. The lowest BCUT2D eigenvalue weighted by atomic mass is 10.0. The minimum absolute atomic E-state index is 0.914. The van der Waals surface area contributed by atoms with Crippen molar-refractivity contribution < 1.29 is 0 Å². The highest BCUT2D eigenvalue weighted by Crippen LogP contribution is 2.26. The second-order valence-corrected chi connectivity index (χ2v) is 12.3. The van der Waals surface area contributed by atoms with E-state index in [4.69, 9.17) is 11.6 Å². The fraction of sp³-hybridized carbons (Fsp3) is 0.833. The van der Waals surface area contributed by atoms with Crippen LogP contribution in [0.4, 0.5) is 5.69 Å². The summed E-state index contributed by atoms with van der Waals surface area (Å²) in [7, 11) is 0. The molecule has 0 saturated carbocycles. The molecular weight excluding hydrogens is 482 g/mol. The van der Waals surface area contributed by atoms with E-state index in [1.807, 2.05) is 0 Å². The van der Waals surface area contributed by atoms with Crippen LogP contribution in [0.2, 0.25) is 5.02 Å². The Morgan fingerprint density at radius 2 is 0.711 bits per heavy atom. The van der Waals surface area contributed by atoms with Gasteiger partial charge >= 0.3 is 0 Å². The van der Waals surface area contributed by atoms with E-state index in [2.05, 4.69) is 43.0 Å². The van der Waals surface area contributed by atoms with Gasteiger partial charge in [-0.2, -0.15) is 0 Å². The predicted octanol–water partition coefficient (Wildman–Crippen LogP) is 13.3. The lowest BCUT2D eigenvalue weighted by molar-refractivity contribution is 0.531. The number of hydrogen-bond acceptors (Lipinski definition) is 1. The Morgan fingerprint density at radius 3 is 1.03 bits per heavy atom. The van der Waals surface area contributed by atoms with Crippen LogP contribution in [0.15, 0.2) is 24.3 Å². The molecule has 0 aliphatic rings. The quantitative estimate of drug-likeness (QED) is 0.0901. The van der Waals surface area contributed by atoms with Crippen LogP contribution < -0.4 is 4.90 Å². The highest BCUT2D eigenvalue weighted by molar-refractivity contribution is 6.33. The molecule has 0 unspecified atom stereocenters. The third kappa shape index (κ3) is 21.2. The molecule has 0 atom stereocenters. The summed E-state index contributed by atoms with van der Waals surface area (Å²) >= 11 is 6.59. The maximum absolute atomic E-state index is 6.59. The average molecular weight is 548 g/mol. The number of halogens is 1. The molecule has 0 heterocycles. The van der Waals surface area contributed by atoms with Crippen molar-refractivity contribution in [3.8, 4) is 0 Å². The topological polar surface area (TPSA) is 3.24 Å². The molecule has 2 heteroatoms. The van der Waals surface area contributed by atoms with E-state index in [-0.39, 0.29) is 0 Å². The zero-order valence-corrected chi connectivity index (χ0v) is 26.7. The van der Waals surface area contributed by atoms with Crippen LogP contribution >= 0.6 is 11.6 Å². The van der Waals surface area contributed by atoms with Gasteiger partial charge in [0.2, 0.25) is 0 Å². The summed E-state index contributed by atoms with van der Waals surface area (Å²) in [5.74, 6) is 0. The summed E-state index contributed by atoms with van der Waals surface area (Å²) < 4.78 is 0. The van der Waals surface area contributed by atoms with Gasteiger partial charge in [-0.05, 0) is 25.0 Å². The summed E-state index contributed by atoms with van der Waals surface area (Å²) in [4.78, 5) is 2.57. The van der Waals surface area contributed by atoms with Gasteiger partial charge in [0, 0.05) is 13.1 Å². The normalized spacial score (nSPS) is 11.3. The number of benzene rings is 1. The fourth-order valence-corrected chi connectivity index (χ4v) is 5.96. The SMILES string of the molecule is CCCCCCCCCCCCCCCN(CCCCCCCCCCCCCCC)c1ccccc1Cl. The molecule has 1 nitrogen and oxygen atoms in total. The van der Waals surface area contributed by atoms with Gasteiger partial charge in [0.15, 0.2) is 0 Å². The summed E-state index contributed by atoms with van der Waals surface area (Å²) in [6.45, 7) is 6.91. The van der Waals surface area contributed by atoms with Crippen molar-refractivity contribution in [2.24, 2.45) is 0 Å². The van der Waals surface area contributed by atoms with Crippen LogP contribution in [0.25, 0.3) is 0 Å². The molecule has 0 spiro atoms. The van der Waals surface area contributed by atoms with Crippen molar-refractivity contribution in [3.05, 3.63) is 29.3 Å². The molecule has 1 aromatic rings. The Hall–Kier alpha value is -0.690. The maximum Gasteiger partial charge on any atom is 0.0639 e. The largest absolute Gasteiger partial charge is 0.370 e. The van der Waals surface area contributed by atoms with Gasteiger partial charge in [0.25, 0.3) is 0 Å². The van der Waals surface area contributed by atoms with Crippen LogP contribution in [0.1, 0.15) is 181 Å². The van der Waals surface area contributed by atoms with E-state index in [1.54, 1.807) is 0 Å². The first-order valence-corrected chi connectivity index (χ1v) is 17.7. The molecule has 0 amide bonds. The minimum Gasteiger partial charge on any atom is -0.370 e. The van der Waals surface area contributed by atoms with Crippen molar-refractivity contribution in [3.63, 3.8) is 0 Å². The molecule has 0 bridgehead atoms. The minimum atomic E-state index is 0.914. The third-order valence-electron chi connectivity index (χ3n) is 8.26.